The van der Waals surface area contributed by atoms with Crippen molar-refractivity contribution >= 4 is 40.5 Å². The fourth-order valence-corrected chi connectivity index (χ4v) is 1.93. The summed E-state index contributed by atoms with van der Waals surface area (Å²) in [4.78, 5) is 22.1. The van der Waals surface area contributed by atoms with Gasteiger partial charge < -0.3 is 10.1 Å². The van der Waals surface area contributed by atoms with Gasteiger partial charge in [-0.1, -0.05) is 23.2 Å². The van der Waals surface area contributed by atoms with Crippen LogP contribution in [0.25, 0.3) is 0 Å². The van der Waals surface area contributed by atoms with Gasteiger partial charge >= 0.3 is 0 Å². The molecule has 22 heavy (non-hydrogen) atoms. The van der Waals surface area contributed by atoms with Gasteiger partial charge in [0.05, 0.1) is 4.92 Å². The van der Waals surface area contributed by atoms with Crippen LogP contribution >= 0.6 is 23.2 Å². The van der Waals surface area contributed by atoms with Crippen molar-refractivity contribution in [3.05, 3.63) is 62.6 Å². The highest BCUT2D eigenvalue weighted by atomic mass is 35.5. The Morgan fingerprint density at radius 3 is 2.41 bits per heavy atom. The van der Waals surface area contributed by atoms with Gasteiger partial charge in [-0.3, -0.25) is 14.9 Å². The largest absolute Gasteiger partial charge is 0.484 e. The third kappa shape index (κ3) is 4.34. The highest BCUT2D eigenvalue weighted by Gasteiger charge is 2.16. The molecular formula is C14H10Cl2N2O4. The second-order valence-corrected chi connectivity index (χ2v) is 5.08. The number of rotatable bonds is 5. The first kappa shape index (κ1) is 16.1. The summed E-state index contributed by atoms with van der Waals surface area (Å²) in [6, 6.07) is 10.4. The first-order valence-electron chi connectivity index (χ1n) is 6.08. The number of nitro benzene ring substituents is 1. The second-order valence-electron chi connectivity index (χ2n) is 4.21. The molecule has 0 atom stereocenters. The fraction of sp³-hybridized carbons (Fsp3) is 0.0714. The van der Waals surface area contributed by atoms with E-state index >= 15 is 0 Å². The lowest BCUT2D eigenvalue weighted by atomic mass is 10.2. The summed E-state index contributed by atoms with van der Waals surface area (Å²) in [5.74, 6) is -0.0829. The number of carbonyl (C=O) groups excluding carboxylic acids is 1. The molecule has 0 fully saturated rings. The molecule has 2 aromatic rings. The van der Waals surface area contributed by atoms with Crippen LogP contribution in [-0.2, 0) is 4.79 Å². The first-order valence-corrected chi connectivity index (χ1v) is 6.83. The molecule has 0 bridgehead atoms. The molecule has 2 rings (SSSR count). The molecule has 0 heterocycles. The van der Waals surface area contributed by atoms with E-state index in [0.717, 1.165) is 0 Å². The van der Waals surface area contributed by atoms with Gasteiger partial charge in [-0.2, -0.15) is 0 Å². The Labute approximate surface area is 135 Å². The van der Waals surface area contributed by atoms with Gasteiger partial charge in [-0.25, -0.2) is 0 Å². The maximum atomic E-state index is 11.8. The summed E-state index contributed by atoms with van der Waals surface area (Å²) in [6.07, 6.45) is 0. The van der Waals surface area contributed by atoms with Gasteiger partial charge in [0.15, 0.2) is 6.61 Å². The molecule has 0 aliphatic heterocycles. The topological polar surface area (TPSA) is 81.5 Å². The first-order chi connectivity index (χ1) is 10.5. The highest BCUT2D eigenvalue weighted by Crippen LogP contribution is 2.27. The van der Waals surface area contributed by atoms with Gasteiger partial charge in [0.25, 0.3) is 11.6 Å². The molecule has 0 aliphatic carbocycles. The van der Waals surface area contributed by atoms with Crippen molar-refractivity contribution in [2.45, 2.75) is 0 Å². The smallest absolute Gasteiger partial charge is 0.292 e. The number of halogens is 2. The van der Waals surface area contributed by atoms with E-state index in [2.05, 4.69) is 5.32 Å². The van der Waals surface area contributed by atoms with E-state index in [1.54, 1.807) is 24.3 Å². The van der Waals surface area contributed by atoms with Crippen molar-refractivity contribution in [3.8, 4) is 5.75 Å². The molecule has 8 heteroatoms. The SMILES string of the molecule is O=C(COc1ccc(Cl)cc1)Nc1cc(Cl)ccc1[N+](=O)[O-]. The summed E-state index contributed by atoms with van der Waals surface area (Å²) in [5.41, 5.74) is -0.230. The average Bonchev–Trinajstić information content (AvgIpc) is 2.46. The number of nitrogens with one attached hydrogen (secondary N) is 1. The summed E-state index contributed by atoms with van der Waals surface area (Å²) >= 11 is 11.5. The minimum absolute atomic E-state index is 0.0159. The molecule has 1 N–H and O–H groups in total. The summed E-state index contributed by atoms with van der Waals surface area (Å²) in [7, 11) is 0. The van der Waals surface area contributed by atoms with Crippen LogP contribution in [0.1, 0.15) is 0 Å². The van der Waals surface area contributed by atoms with E-state index in [1.165, 1.54) is 18.2 Å². The van der Waals surface area contributed by atoms with E-state index in [1.807, 2.05) is 0 Å². The van der Waals surface area contributed by atoms with Crippen LogP contribution < -0.4 is 10.1 Å². The lowest BCUT2D eigenvalue weighted by Crippen LogP contribution is -2.20. The van der Waals surface area contributed by atoms with Crippen LogP contribution in [0.15, 0.2) is 42.5 Å². The van der Waals surface area contributed by atoms with Crippen molar-refractivity contribution < 1.29 is 14.5 Å². The molecule has 0 saturated heterocycles. The van der Waals surface area contributed by atoms with Crippen molar-refractivity contribution in [2.75, 3.05) is 11.9 Å². The van der Waals surface area contributed by atoms with Crippen LogP contribution in [0.3, 0.4) is 0 Å². The predicted octanol–water partition coefficient (Wildman–Crippen LogP) is 3.92. The molecule has 6 nitrogen and oxygen atoms in total. The lowest BCUT2D eigenvalue weighted by molar-refractivity contribution is -0.383. The Bertz CT molecular complexity index is 704. The number of anilines is 1. The van der Waals surface area contributed by atoms with E-state index in [9.17, 15) is 14.9 Å². The van der Waals surface area contributed by atoms with Crippen LogP contribution in [0.5, 0.6) is 5.75 Å². The zero-order chi connectivity index (χ0) is 16.1. The minimum Gasteiger partial charge on any atom is -0.484 e. The number of carbonyl (C=O) groups is 1. The predicted molar refractivity (Wildman–Crippen MR) is 83.7 cm³/mol. The lowest BCUT2D eigenvalue weighted by Gasteiger charge is -2.08. The Morgan fingerprint density at radius 2 is 1.77 bits per heavy atom. The van der Waals surface area contributed by atoms with Gasteiger partial charge in [-0.05, 0) is 36.4 Å². The zero-order valence-electron chi connectivity index (χ0n) is 11.1. The number of hydrogen-bond donors (Lipinski definition) is 1. The Kier molecular flexibility index (Phi) is 5.19. The number of ether oxygens (including phenoxy) is 1. The maximum absolute atomic E-state index is 11.8. The summed E-state index contributed by atoms with van der Waals surface area (Å²) in [5, 5.41) is 14.1. The highest BCUT2D eigenvalue weighted by molar-refractivity contribution is 6.31. The Morgan fingerprint density at radius 1 is 1.14 bits per heavy atom. The number of benzene rings is 2. The van der Waals surface area contributed by atoms with Crippen LogP contribution in [0.2, 0.25) is 10.0 Å². The van der Waals surface area contributed by atoms with Gasteiger partial charge in [0, 0.05) is 16.1 Å². The maximum Gasteiger partial charge on any atom is 0.292 e. The Hall–Kier alpha value is -2.31. The van der Waals surface area contributed by atoms with Gasteiger partial charge in [0.1, 0.15) is 11.4 Å². The molecular weight excluding hydrogens is 331 g/mol. The monoisotopic (exact) mass is 340 g/mol. The second kappa shape index (κ2) is 7.11. The van der Waals surface area contributed by atoms with Crippen molar-refractivity contribution in [1.82, 2.24) is 0 Å². The van der Waals surface area contributed by atoms with E-state index in [4.69, 9.17) is 27.9 Å². The molecule has 0 spiro atoms. The van der Waals surface area contributed by atoms with Gasteiger partial charge in [0.2, 0.25) is 0 Å². The summed E-state index contributed by atoms with van der Waals surface area (Å²) in [6.45, 7) is -0.300. The molecule has 0 aliphatic rings. The van der Waals surface area contributed by atoms with Crippen molar-refractivity contribution in [3.63, 3.8) is 0 Å². The normalized spacial score (nSPS) is 10.1. The van der Waals surface area contributed by atoms with Crippen LogP contribution in [0.4, 0.5) is 11.4 Å². The molecule has 1 amide bonds. The molecule has 0 radical (unpaired) electrons. The quantitative estimate of drug-likeness (QED) is 0.660. The van der Waals surface area contributed by atoms with Crippen LogP contribution in [0, 0.1) is 10.1 Å². The van der Waals surface area contributed by atoms with Crippen molar-refractivity contribution in [1.29, 1.82) is 0 Å². The van der Waals surface area contributed by atoms with E-state index in [0.29, 0.717) is 10.8 Å². The molecule has 0 saturated carbocycles. The van der Waals surface area contributed by atoms with E-state index < -0.39 is 10.8 Å². The van der Waals surface area contributed by atoms with Crippen LogP contribution in [-0.4, -0.2) is 17.4 Å². The third-order valence-corrected chi connectivity index (χ3v) is 3.10. The third-order valence-electron chi connectivity index (χ3n) is 2.61. The van der Waals surface area contributed by atoms with Crippen molar-refractivity contribution in [2.24, 2.45) is 0 Å². The molecule has 2 aromatic carbocycles. The number of hydrogen-bond acceptors (Lipinski definition) is 4. The Balaban J connectivity index is 2.01. The standard InChI is InChI=1S/C14H10Cl2N2O4/c15-9-1-4-11(5-2-9)22-8-14(19)17-12-7-10(16)3-6-13(12)18(20)21/h1-7H,8H2,(H,17,19). The number of nitro groups is 1. The fourth-order valence-electron chi connectivity index (χ4n) is 1.63. The van der Waals surface area contributed by atoms with E-state index in [-0.39, 0.29) is 23.0 Å². The zero-order valence-corrected chi connectivity index (χ0v) is 12.6. The summed E-state index contributed by atoms with van der Waals surface area (Å²) < 4.78 is 5.25. The number of nitrogens with zero attached hydrogens (tertiary/aromatic N) is 1. The average molecular weight is 341 g/mol. The van der Waals surface area contributed by atoms with Gasteiger partial charge in [-0.15, -0.1) is 0 Å². The molecule has 114 valence electrons. The number of amides is 1. The molecule has 0 aromatic heterocycles. The molecule has 0 unspecified atom stereocenters. The minimum atomic E-state index is -0.605.